The van der Waals surface area contributed by atoms with Crippen LogP contribution >= 0.6 is 12.4 Å². The van der Waals surface area contributed by atoms with Crippen LogP contribution in [0.3, 0.4) is 0 Å². The van der Waals surface area contributed by atoms with Crippen LogP contribution < -0.4 is 9.64 Å². The third-order valence-corrected chi connectivity index (χ3v) is 5.78. The largest absolute Gasteiger partial charge is 0.491 e. The van der Waals surface area contributed by atoms with Crippen molar-refractivity contribution in [3.8, 4) is 5.75 Å². The van der Waals surface area contributed by atoms with Crippen molar-refractivity contribution in [1.29, 1.82) is 0 Å². The number of likely N-dealkylation sites (tertiary alicyclic amines) is 1. The topological polar surface area (TPSA) is 53.1 Å². The van der Waals surface area contributed by atoms with Gasteiger partial charge in [-0.15, -0.1) is 12.4 Å². The molecular formula is C23H36ClN3O3. The van der Waals surface area contributed by atoms with Gasteiger partial charge in [-0.2, -0.15) is 0 Å². The van der Waals surface area contributed by atoms with E-state index in [0.29, 0.717) is 19.4 Å². The molecule has 2 amide bonds. The summed E-state index contributed by atoms with van der Waals surface area (Å²) in [5, 5.41) is 0. The third kappa shape index (κ3) is 6.88. The fourth-order valence-electron chi connectivity index (χ4n) is 4.10. The first-order valence-corrected chi connectivity index (χ1v) is 11.2. The third-order valence-electron chi connectivity index (χ3n) is 5.78. The van der Waals surface area contributed by atoms with E-state index in [-0.39, 0.29) is 24.2 Å². The molecule has 0 N–H and O–H groups in total. The van der Waals surface area contributed by atoms with Gasteiger partial charge in [-0.3, -0.25) is 19.4 Å². The van der Waals surface area contributed by atoms with Gasteiger partial charge in [0.2, 0.25) is 11.8 Å². The van der Waals surface area contributed by atoms with Crippen LogP contribution in [0, 0.1) is 0 Å². The number of nitrogens with zero attached hydrogens (tertiary/aromatic N) is 3. The zero-order valence-corrected chi connectivity index (χ0v) is 19.0. The smallest absolute Gasteiger partial charge is 0.229 e. The Morgan fingerprint density at radius 3 is 2.27 bits per heavy atom. The van der Waals surface area contributed by atoms with Crippen molar-refractivity contribution in [3.05, 3.63) is 24.3 Å². The van der Waals surface area contributed by atoms with Crippen LogP contribution in [0.25, 0.3) is 0 Å². The van der Waals surface area contributed by atoms with Crippen LogP contribution in [-0.4, -0.2) is 67.5 Å². The lowest BCUT2D eigenvalue weighted by Crippen LogP contribution is -2.46. The Bertz CT molecular complexity index is 661. The quantitative estimate of drug-likeness (QED) is 0.412. The van der Waals surface area contributed by atoms with Crippen LogP contribution in [0.4, 0.5) is 5.69 Å². The van der Waals surface area contributed by atoms with Gasteiger partial charge < -0.3 is 9.64 Å². The zero-order chi connectivity index (χ0) is 20.5. The molecule has 1 aromatic carbocycles. The van der Waals surface area contributed by atoms with Gasteiger partial charge in [0.25, 0.3) is 0 Å². The average Bonchev–Trinajstić information content (AvgIpc) is 2.74. The molecule has 2 heterocycles. The molecule has 168 valence electrons. The van der Waals surface area contributed by atoms with Crippen molar-refractivity contribution in [3.63, 3.8) is 0 Å². The molecule has 3 rings (SSSR count). The van der Waals surface area contributed by atoms with Gasteiger partial charge in [0.1, 0.15) is 5.75 Å². The van der Waals surface area contributed by atoms with Gasteiger partial charge in [-0.05, 0) is 44.4 Å². The fraction of sp³-hybridized carbons (Fsp3) is 0.652. The van der Waals surface area contributed by atoms with Gasteiger partial charge in [0, 0.05) is 45.6 Å². The summed E-state index contributed by atoms with van der Waals surface area (Å²) >= 11 is 0. The van der Waals surface area contributed by atoms with Crippen LogP contribution in [-0.2, 0) is 9.59 Å². The molecule has 2 saturated heterocycles. The first kappa shape index (κ1) is 24.5. The number of hydrogen-bond donors (Lipinski definition) is 0. The van der Waals surface area contributed by atoms with Crippen LogP contribution in [0.15, 0.2) is 24.3 Å². The normalized spacial score (nSPS) is 17.8. The van der Waals surface area contributed by atoms with Crippen LogP contribution in [0.1, 0.15) is 51.9 Å². The van der Waals surface area contributed by atoms with Gasteiger partial charge in [-0.25, -0.2) is 0 Å². The standard InChI is InChI=1S/C23H35N3O3.ClH/c1-2-19-29-21-10-5-4-9-20(21)25-17-15-24(16-18-25)13-6-3-7-14-26-22(27)11-8-12-23(26)28;/h4-5,9-10H,2-3,6-8,11-19H2,1H3;1H. The van der Waals surface area contributed by atoms with E-state index in [1.807, 2.05) is 6.07 Å². The second-order valence-corrected chi connectivity index (χ2v) is 8.00. The highest BCUT2D eigenvalue weighted by Crippen LogP contribution is 2.29. The van der Waals surface area contributed by atoms with Crippen LogP contribution in [0.2, 0.25) is 0 Å². The molecule has 0 radical (unpaired) electrons. The number of anilines is 1. The Hall–Kier alpha value is -1.79. The summed E-state index contributed by atoms with van der Waals surface area (Å²) in [7, 11) is 0. The highest BCUT2D eigenvalue weighted by atomic mass is 35.5. The number of halogens is 1. The molecule has 1 aromatic rings. The Balaban J connectivity index is 0.00000320. The van der Waals surface area contributed by atoms with Gasteiger partial charge >= 0.3 is 0 Å². The molecule has 0 saturated carbocycles. The maximum absolute atomic E-state index is 11.8. The molecule has 0 aromatic heterocycles. The number of hydrogen-bond acceptors (Lipinski definition) is 5. The molecule has 2 fully saturated rings. The molecule has 0 atom stereocenters. The highest BCUT2D eigenvalue weighted by Gasteiger charge is 2.25. The number of ether oxygens (including phenoxy) is 1. The second kappa shape index (κ2) is 12.8. The fourth-order valence-corrected chi connectivity index (χ4v) is 4.10. The highest BCUT2D eigenvalue weighted by molar-refractivity contribution is 5.97. The van der Waals surface area contributed by atoms with Crippen LogP contribution in [0.5, 0.6) is 5.75 Å². The minimum atomic E-state index is 0. The average molecular weight is 438 g/mol. The number of benzene rings is 1. The minimum Gasteiger partial charge on any atom is -0.491 e. The Kier molecular flexibility index (Phi) is 10.4. The molecular weight excluding hydrogens is 402 g/mol. The van der Waals surface area contributed by atoms with E-state index in [4.69, 9.17) is 4.74 Å². The first-order valence-electron chi connectivity index (χ1n) is 11.2. The number of rotatable bonds is 10. The number of para-hydroxylation sites is 2. The Morgan fingerprint density at radius 2 is 1.57 bits per heavy atom. The van der Waals surface area contributed by atoms with E-state index in [1.54, 1.807) is 0 Å². The predicted molar refractivity (Wildman–Crippen MR) is 123 cm³/mol. The Labute approximate surface area is 186 Å². The number of imide groups is 1. The second-order valence-electron chi connectivity index (χ2n) is 8.00. The minimum absolute atomic E-state index is 0. The lowest BCUT2D eigenvalue weighted by molar-refractivity contribution is -0.148. The van der Waals surface area contributed by atoms with Crippen molar-refractivity contribution < 1.29 is 14.3 Å². The van der Waals surface area contributed by atoms with Gasteiger partial charge in [0.15, 0.2) is 0 Å². The summed E-state index contributed by atoms with van der Waals surface area (Å²) in [6, 6.07) is 8.34. The molecule has 0 aliphatic carbocycles. The molecule has 0 spiro atoms. The van der Waals surface area contributed by atoms with Crippen molar-refractivity contribution >= 4 is 29.9 Å². The SMILES string of the molecule is CCCOc1ccccc1N1CCN(CCCCCN2C(=O)CCCC2=O)CC1.Cl. The summed E-state index contributed by atoms with van der Waals surface area (Å²) in [4.78, 5) is 30.1. The maximum atomic E-state index is 11.8. The summed E-state index contributed by atoms with van der Waals surface area (Å²) in [6.07, 6.45) is 5.89. The number of piperazine rings is 1. The van der Waals surface area contributed by atoms with E-state index in [1.165, 1.54) is 10.6 Å². The molecule has 30 heavy (non-hydrogen) atoms. The van der Waals surface area contributed by atoms with Crippen molar-refractivity contribution in [1.82, 2.24) is 9.80 Å². The van der Waals surface area contributed by atoms with E-state index in [0.717, 1.165) is 77.2 Å². The zero-order valence-electron chi connectivity index (χ0n) is 18.2. The molecule has 2 aliphatic heterocycles. The molecule has 0 unspecified atom stereocenters. The molecule has 2 aliphatic rings. The monoisotopic (exact) mass is 437 g/mol. The first-order chi connectivity index (χ1) is 14.2. The number of unbranched alkanes of at least 4 members (excludes halogenated alkanes) is 2. The number of carbonyl (C=O) groups excluding carboxylic acids is 2. The van der Waals surface area contributed by atoms with E-state index in [9.17, 15) is 9.59 Å². The van der Waals surface area contributed by atoms with Crippen molar-refractivity contribution in [2.45, 2.75) is 51.9 Å². The van der Waals surface area contributed by atoms with E-state index < -0.39 is 0 Å². The van der Waals surface area contributed by atoms with Crippen molar-refractivity contribution in [2.75, 3.05) is 50.8 Å². The number of amides is 2. The van der Waals surface area contributed by atoms with E-state index in [2.05, 4.69) is 34.9 Å². The van der Waals surface area contributed by atoms with Gasteiger partial charge in [0.05, 0.1) is 12.3 Å². The number of carbonyl (C=O) groups is 2. The lowest BCUT2D eigenvalue weighted by Gasteiger charge is -2.36. The number of piperidine rings is 1. The van der Waals surface area contributed by atoms with Gasteiger partial charge in [-0.1, -0.05) is 25.5 Å². The maximum Gasteiger partial charge on any atom is 0.229 e. The molecule has 0 bridgehead atoms. The molecule has 6 nitrogen and oxygen atoms in total. The molecule has 7 heteroatoms. The predicted octanol–water partition coefficient (Wildman–Crippen LogP) is 3.73. The van der Waals surface area contributed by atoms with E-state index >= 15 is 0 Å². The summed E-state index contributed by atoms with van der Waals surface area (Å²) in [6.45, 7) is 8.72. The summed E-state index contributed by atoms with van der Waals surface area (Å²) in [5.74, 6) is 1.02. The summed E-state index contributed by atoms with van der Waals surface area (Å²) < 4.78 is 5.92. The Morgan fingerprint density at radius 1 is 0.900 bits per heavy atom. The lowest BCUT2D eigenvalue weighted by atomic mass is 10.1. The van der Waals surface area contributed by atoms with Crippen molar-refractivity contribution in [2.24, 2.45) is 0 Å². The summed E-state index contributed by atoms with van der Waals surface area (Å²) in [5.41, 5.74) is 1.21.